The van der Waals surface area contributed by atoms with Crippen LogP contribution in [-0.2, 0) is 33.4 Å². The van der Waals surface area contributed by atoms with E-state index in [0.29, 0.717) is 12.8 Å². The number of carbonyl (C=O) groups is 4. The van der Waals surface area contributed by atoms with Gasteiger partial charge in [0.1, 0.15) is 12.2 Å². The predicted molar refractivity (Wildman–Crippen MR) is 84.9 cm³/mol. The highest BCUT2D eigenvalue weighted by Crippen LogP contribution is 2.07. The number of aliphatic carboxylic acids is 2. The lowest BCUT2D eigenvalue weighted by atomic mass is 10.2. The first-order chi connectivity index (χ1) is 11.8. The van der Waals surface area contributed by atoms with Gasteiger partial charge in [-0.3, -0.25) is 19.2 Å². The van der Waals surface area contributed by atoms with Crippen molar-refractivity contribution in [2.45, 2.75) is 64.6 Å². The molecule has 0 heterocycles. The van der Waals surface area contributed by atoms with Gasteiger partial charge in [0.05, 0.1) is 38.9 Å². The highest BCUT2D eigenvalue weighted by Gasteiger charge is 2.17. The Morgan fingerprint density at radius 2 is 1.08 bits per heavy atom. The Bertz CT molecular complexity index is 407. The monoisotopic (exact) mass is 362 g/mol. The molecule has 2 N–H and O–H groups in total. The summed E-state index contributed by atoms with van der Waals surface area (Å²) in [6, 6.07) is 0. The third kappa shape index (κ3) is 12.9. The molecule has 0 aromatic carbocycles. The zero-order chi connectivity index (χ0) is 19.2. The summed E-state index contributed by atoms with van der Waals surface area (Å²) >= 11 is 0. The molecule has 9 heteroatoms. The molecule has 2 unspecified atom stereocenters. The summed E-state index contributed by atoms with van der Waals surface area (Å²) in [6.07, 6.45) is -1.03. The molecule has 0 aliphatic rings. The van der Waals surface area contributed by atoms with Crippen LogP contribution in [-0.4, -0.2) is 59.5 Å². The maximum Gasteiger partial charge on any atom is 0.306 e. The molecule has 0 saturated heterocycles. The fourth-order valence-corrected chi connectivity index (χ4v) is 1.71. The van der Waals surface area contributed by atoms with Crippen LogP contribution in [0.2, 0.25) is 0 Å². The van der Waals surface area contributed by atoms with Gasteiger partial charge < -0.3 is 24.4 Å². The Morgan fingerprint density at radius 3 is 1.36 bits per heavy atom. The number of hydrogen-bond acceptors (Lipinski definition) is 7. The topological polar surface area (TPSA) is 136 Å². The van der Waals surface area contributed by atoms with Gasteiger partial charge in [-0.05, 0) is 12.8 Å². The van der Waals surface area contributed by atoms with Crippen LogP contribution >= 0.6 is 0 Å². The smallest absolute Gasteiger partial charge is 0.306 e. The zero-order valence-electron chi connectivity index (χ0n) is 14.6. The van der Waals surface area contributed by atoms with Crippen molar-refractivity contribution < 1.29 is 43.6 Å². The van der Waals surface area contributed by atoms with Gasteiger partial charge in [0.2, 0.25) is 0 Å². The first kappa shape index (κ1) is 22.8. The second-order valence-corrected chi connectivity index (χ2v) is 5.37. The first-order valence-corrected chi connectivity index (χ1v) is 8.18. The van der Waals surface area contributed by atoms with Crippen molar-refractivity contribution in [3.05, 3.63) is 0 Å². The summed E-state index contributed by atoms with van der Waals surface area (Å²) in [6.45, 7) is 3.78. The van der Waals surface area contributed by atoms with E-state index in [1.807, 2.05) is 0 Å². The molecule has 0 bridgehead atoms. The van der Waals surface area contributed by atoms with Gasteiger partial charge in [-0.15, -0.1) is 0 Å². The number of carboxylic acids is 2. The second kappa shape index (κ2) is 13.2. The highest BCUT2D eigenvalue weighted by atomic mass is 16.6. The Kier molecular flexibility index (Phi) is 12.0. The number of ether oxygens (including phenoxy) is 3. The van der Waals surface area contributed by atoms with Crippen LogP contribution in [0, 0.1) is 0 Å². The summed E-state index contributed by atoms with van der Waals surface area (Å²) < 4.78 is 15.6. The minimum absolute atomic E-state index is 0.0957. The summed E-state index contributed by atoms with van der Waals surface area (Å²) in [5, 5.41) is 17.0. The van der Waals surface area contributed by atoms with E-state index in [0.717, 1.165) is 0 Å². The van der Waals surface area contributed by atoms with Crippen molar-refractivity contribution in [3.8, 4) is 0 Å². The average Bonchev–Trinajstić information content (AvgIpc) is 2.56. The third-order valence-corrected chi connectivity index (χ3v) is 3.20. The van der Waals surface area contributed by atoms with E-state index in [9.17, 15) is 19.2 Å². The molecule has 144 valence electrons. The normalized spacial score (nSPS) is 12.9. The lowest BCUT2D eigenvalue weighted by molar-refractivity contribution is -0.159. The molecular weight excluding hydrogens is 336 g/mol. The van der Waals surface area contributed by atoms with Gasteiger partial charge in [-0.1, -0.05) is 13.8 Å². The van der Waals surface area contributed by atoms with Crippen molar-refractivity contribution >= 4 is 23.9 Å². The number of carboxylic acid groups (broad SMARTS) is 2. The van der Waals surface area contributed by atoms with Crippen LogP contribution in [0.25, 0.3) is 0 Å². The number of rotatable bonds is 14. The Labute approximate surface area is 146 Å². The Morgan fingerprint density at radius 1 is 0.720 bits per heavy atom. The van der Waals surface area contributed by atoms with Crippen molar-refractivity contribution in [1.29, 1.82) is 0 Å². The zero-order valence-corrected chi connectivity index (χ0v) is 14.6. The fourth-order valence-electron chi connectivity index (χ4n) is 1.71. The Hall–Kier alpha value is -2.16. The van der Waals surface area contributed by atoms with Gasteiger partial charge in [0.25, 0.3) is 0 Å². The molecule has 25 heavy (non-hydrogen) atoms. The number of carbonyl (C=O) groups excluding carboxylic acids is 2. The quantitative estimate of drug-likeness (QED) is 0.439. The van der Waals surface area contributed by atoms with Crippen LogP contribution in [0.5, 0.6) is 0 Å². The molecule has 0 aromatic rings. The fraction of sp³-hybridized carbons (Fsp3) is 0.750. The van der Waals surface area contributed by atoms with Gasteiger partial charge in [0, 0.05) is 0 Å². The van der Waals surface area contributed by atoms with Crippen molar-refractivity contribution in [2.75, 3.05) is 13.2 Å². The molecule has 0 fully saturated rings. The molecule has 0 rings (SSSR count). The van der Waals surface area contributed by atoms with Gasteiger partial charge in [-0.2, -0.15) is 0 Å². The third-order valence-electron chi connectivity index (χ3n) is 3.20. The molecule has 0 aromatic heterocycles. The molecule has 0 aliphatic heterocycles. The minimum Gasteiger partial charge on any atom is -0.481 e. The van der Waals surface area contributed by atoms with Crippen LogP contribution in [0.4, 0.5) is 0 Å². The Balaban J connectivity index is 4.11. The van der Waals surface area contributed by atoms with E-state index >= 15 is 0 Å². The number of esters is 2. The lowest BCUT2D eigenvalue weighted by Gasteiger charge is -2.19. The summed E-state index contributed by atoms with van der Waals surface area (Å²) in [7, 11) is 0. The first-order valence-electron chi connectivity index (χ1n) is 8.18. The van der Waals surface area contributed by atoms with E-state index in [1.165, 1.54) is 0 Å². The van der Waals surface area contributed by atoms with E-state index in [-0.39, 0.29) is 38.9 Å². The van der Waals surface area contributed by atoms with E-state index in [2.05, 4.69) is 0 Å². The predicted octanol–water partition coefficient (Wildman–Crippen LogP) is 1.38. The van der Waals surface area contributed by atoms with E-state index < -0.39 is 36.1 Å². The van der Waals surface area contributed by atoms with Crippen molar-refractivity contribution in [2.24, 2.45) is 0 Å². The average molecular weight is 362 g/mol. The standard InChI is InChI=1S/C16H26O9/c1-3-11(24-15(21)7-5-13(17)18)9-23-10-12(4-2)25-16(22)8-6-14(19)20/h11-12H,3-10H2,1-2H3,(H,17,18)(H,19,20). The van der Waals surface area contributed by atoms with Crippen molar-refractivity contribution in [1.82, 2.24) is 0 Å². The van der Waals surface area contributed by atoms with E-state index in [1.54, 1.807) is 13.8 Å². The van der Waals surface area contributed by atoms with E-state index in [4.69, 9.17) is 24.4 Å². The van der Waals surface area contributed by atoms with Crippen molar-refractivity contribution in [3.63, 3.8) is 0 Å². The summed E-state index contributed by atoms with van der Waals surface area (Å²) in [4.78, 5) is 43.8. The molecule has 0 saturated carbocycles. The maximum atomic E-state index is 11.5. The van der Waals surface area contributed by atoms with Gasteiger partial charge in [-0.25, -0.2) is 0 Å². The molecule has 0 amide bonds. The van der Waals surface area contributed by atoms with Crippen LogP contribution in [0.3, 0.4) is 0 Å². The van der Waals surface area contributed by atoms with Gasteiger partial charge in [0.15, 0.2) is 0 Å². The van der Waals surface area contributed by atoms with Crippen LogP contribution < -0.4 is 0 Å². The molecule has 0 spiro atoms. The number of hydrogen-bond donors (Lipinski definition) is 2. The molecule has 0 aliphatic carbocycles. The SMILES string of the molecule is CCC(COCC(CC)OC(=O)CCC(=O)O)OC(=O)CCC(=O)O. The lowest BCUT2D eigenvalue weighted by Crippen LogP contribution is -2.28. The molecule has 0 radical (unpaired) electrons. The largest absolute Gasteiger partial charge is 0.481 e. The second-order valence-electron chi connectivity index (χ2n) is 5.37. The molecular formula is C16H26O9. The minimum atomic E-state index is -1.07. The van der Waals surface area contributed by atoms with Crippen LogP contribution in [0.1, 0.15) is 52.4 Å². The van der Waals surface area contributed by atoms with Gasteiger partial charge >= 0.3 is 23.9 Å². The molecule has 2 atom stereocenters. The van der Waals surface area contributed by atoms with Crippen LogP contribution in [0.15, 0.2) is 0 Å². The summed E-state index contributed by atoms with van der Waals surface area (Å²) in [5.74, 6) is -3.36. The molecule has 9 nitrogen and oxygen atoms in total. The summed E-state index contributed by atoms with van der Waals surface area (Å²) in [5.41, 5.74) is 0. The highest BCUT2D eigenvalue weighted by molar-refractivity contribution is 5.77. The maximum absolute atomic E-state index is 11.5.